The van der Waals surface area contributed by atoms with E-state index in [-0.39, 0.29) is 0 Å². The molecule has 0 aliphatic carbocycles. The lowest BCUT2D eigenvalue weighted by atomic mass is 9.75. The van der Waals surface area contributed by atoms with Gasteiger partial charge in [-0.1, -0.05) is 36.4 Å². The van der Waals surface area contributed by atoms with Crippen LogP contribution in [-0.4, -0.2) is 28.4 Å². The second-order valence-electron chi connectivity index (χ2n) is 13.1. The molecule has 8 aromatic rings. The van der Waals surface area contributed by atoms with Crippen molar-refractivity contribution >= 4 is 21.5 Å². The standard InChI is InChI=1S/C50H40O4/c1-51-39-23-13-35(14-24-39)47(36-15-25-40(52-2)26-16-36)45-31-21-33-9-5-7-11-43(33)49(45)50-44-12-8-6-10-34(44)22-32-46(50)48(37-17-27-41(53-3)28-18-37)38-19-29-42(54-4)30-20-38/h5-32H,1-4H3/q+2. The van der Waals surface area contributed by atoms with Crippen molar-refractivity contribution in [1.82, 2.24) is 0 Å². The van der Waals surface area contributed by atoms with E-state index in [0.29, 0.717) is 0 Å². The van der Waals surface area contributed by atoms with Crippen molar-refractivity contribution in [1.29, 1.82) is 0 Å². The minimum atomic E-state index is 0.807. The summed E-state index contributed by atoms with van der Waals surface area (Å²) in [7, 11) is 6.80. The second kappa shape index (κ2) is 15.1. The van der Waals surface area contributed by atoms with Gasteiger partial charge in [-0.3, -0.25) is 0 Å². The Morgan fingerprint density at radius 1 is 0.296 bits per heavy atom. The number of benzene rings is 8. The van der Waals surface area contributed by atoms with Crippen LogP contribution in [0.15, 0.2) is 170 Å². The minimum Gasteiger partial charge on any atom is -0.496 e. The van der Waals surface area contributed by atoms with Gasteiger partial charge in [0.05, 0.1) is 84.8 Å². The van der Waals surface area contributed by atoms with E-state index in [0.717, 1.165) is 101 Å². The summed E-state index contributed by atoms with van der Waals surface area (Å²) in [6.07, 6.45) is 0. The molecule has 0 aliphatic heterocycles. The van der Waals surface area contributed by atoms with Crippen molar-refractivity contribution in [2.75, 3.05) is 28.4 Å². The van der Waals surface area contributed by atoms with Gasteiger partial charge in [0.1, 0.15) is 23.0 Å². The van der Waals surface area contributed by atoms with Gasteiger partial charge in [0.15, 0.2) is 0 Å². The van der Waals surface area contributed by atoms with Crippen molar-refractivity contribution in [3.05, 3.63) is 215 Å². The fraction of sp³-hybridized carbons (Fsp3) is 0.0800. The van der Waals surface area contributed by atoms with Crippen molar-refractivity contribution in [2.45, 2.75) is 0 Å². The number of methoxy groups -OCH3 is 4. The average Bonchev–Trinajstić information content (AvgIpc) is 3.24. The molecule has 0 radical (unpaired) electrons. The Bertz CT molecular complexity index is 2240. The molecule has 0 fully saturated rings. The lowest BCUT2D eigenvalue weighted by Crippen LogP contribution is -2.10. The lowest BCUT2D eigenvalue weighted by Gasteiger charge is -2.22. The Morgan fingerprint density at radius 3 is 0.852 bits per heavy atom. The molecule has 0 atom stereocenters. The fourth-order valence-corrected chi connectivity index (χ4v) is 7.48. The van der Waals surface area contributed by atoms with E-state index in [1.54, 1.807) is 28.4 Å². The van der Waals surface area contributed by atoms with E-state index >= 15 is 0 Å². The molecule has 8 rings (SSSR count). The summed E-state index contributed by atoms with van der Waals surface area (Å²) >= 11 is 0. The van der Waals surface area contributed by atoms with Crippen LogP contribution in [-0.2, 0) is 0 Å². The van der Waals surface area contributed by atoms with Crippen molar-refractivity contribution < 1.29 is 18.9 Å². The van der Waals surface area contributed by atoms with Gasteiger partial charge in [-0.05, 0) is 95.7 Å². The Kier molecular flexibility index (Phi) is 9.57. The second-order valence-corrected chi connectivity index (χ2v) is 13.1. The lowest BCUT2D eigenvalue weighted by molar-refractivity contribution is 0.414. The minimum absolute atomic E-state index is 0.807. The average molecular weight is 705 g/mol. The van der Waals surface area contributed by atoms with E-state index in [1.807, 2.05) is 48.5 Å². The maximum absolute atomic E-state index is 5.60. The van der Waals surface area contributed by atoms with Crippen molar-refractivity contribution in [3.63, 3.8) is 0 Å². The van der Waals surface area contributed by atoms with E-state index in [2.05, 4.69) is 121 Å². The zero-order valence-electron chi connectivity index (χ0n) is 30.8. The zero-order chi connectivity index (χ0) is 37.0. The Balaban J connectivity index is 1.49. The molecule has 8 aromatic carbocycles. The zero-order valence-corrected chi connectivity index (χ0v) is 30.8. The van der Waals surface area contributed by atoms with Crippen LogP contribution < -0.4 is 18.9 Å². The van der Waals surface area contributed by atoms with Gasteiger partial charge in [-0.15, -0.1) is 0 Å². The third-order valence-electron chi connectivity index (χ3n) is 10.2. The molecule has 0 aromatic heterocycles. The van der Waals surface area contributed by atoms with E-state index in [9.17, 15) is 0 Å². The molecule has 0 unspecified atom stereocenters. The van der Waals surface area contributed by atoms with Gasteiger partial charge < -0.3 is 18.9 Å². The highest BCUT2D eigenvalue weighted by atomic mass is 16.5. The van der Waals surface area contributed by atoms with Crippen LogP contribution in [0.4, 0.5) is 0 Å². The van der Waals surface area contributed by atoms with Crippen molar-refractivity contribution in [3.8, 4) is 34.1 Å². The van der Waals surface area contributed by atoms with E-state index < -0.39 is 0 Å². The molecule has 0 spiro atoms. The summed E-state index contributed by atoms with van der Waals surface area (Å²) in [5.41, 5.74) is 8.85. The topological polar surface area (TPSA) is 36.9 Å². The van der Waals surface area contributed by atoms with Gasteiger partial charge >= 0.3 is 0 Å². The summed E-state index contributed by atoms with van der Waals surface area (Å²) in [5, 5.41) is 4.65. The third kappa shape index (κ3) is 6.44. The Hall–Kier alpha value is -6.78. The summed E-state index contributed by atoms with van der Waals surface area (Å²) < 4.78 is 22.4. The van der Waals surface area contributed by atoms with Gasteiger partial charge in [-0.2, -0.15) is 0 Å². The summed E-state index contributed by atoms with van der Waals surface area (Å²) in [6.45, 7) is 0. The highest BCUT2D eigenvalue weighted by Gasteiger charge is 2.34. The highest BCUT2D eigenvalue weighted by Crippen LogP contribution is 2.48. The van der Waals surface area contributed by atoms with Crippen LogP contribution in [0.1, 0.15) is 33.4 Å². The predicted octanol–water partition coefficient (Wildman–Crippen LogP) is 11.7. The molecule has 4 nitrogen and oxygen atoms in total. The van der Waals surface area contributed by atoms with Crippen LogP contribution in [0, 0.1) is 11.8 Å². The molecule has 0 heterocycles. The molecule has 0 amide bonds. The Labute approximate surface area is 317 Å². The summed E-state index contributed by atoms with van der Waals surface area (Å²) in [6, 6.07) is 59.9. The first-order valence-corrected chi connectivity index (χ1v) is 18.0. The molecular formula is C50H40O4+2. The van der Waals surface area contributed by atoms with Crippen LogP contribution in [0.5, 0.6) is 23.0 Å². The number of hydrogen-bond acceptors (Lipinski definition) is 4. The highest BCUT2D eigenvalue weighted by molar-refractivity contribution is 6.10. The quantitative estimate of drug-likeness (QED) is 0.0992. The van der Waals surface area contributed by atoms with Crippen LogP contribution >= 0.6 is 0 Å². The number of fused-ring (bicyclic) bond motifs is 2. The van der Waals surface area contributed by atoms with Gasteiger partial charge in [0, 0.05) is 59.3 Å². The number of rotatable bonds is 11. The molecule has 4 heteroatoms. The molecule has 54 heavy (non-hydrogen) atoms. The Morgan fingerprint density at radius 2 is 0.574 bits per heavy atom. The first kappa shape index (κ1) is 34.3. The summed E-state index contributed by atoms with van der Waals surface area (Å²) in [4.78, 5) is 0. The molecule has 0 bridgehead atoms. The first-order chi connectivity index (χ1) is 26.6. The van der Waals surface area contributed by atoms with E-state index in [4.69, 9.17) is 18.9 Å². The van der Waals surface area contributed by atoms with Crippen LogP contribution in [0.3, 0.4) is 0 Å². The predicted molar refractivity (Wildman–Crippen MR) is 220 cm³/mol. The SMILES string of the molecule is COc1ccc([C+](c2ccc(OC)cc2)c2ccc3ccccc3c2-c2c([C+](c3ccc(OC)cc3)c3ccc(OC)cc3)ccc3ccccc23)cc1. The number of hydrogen-bond donors (Lipinski definition) is 0. The fourth-order valence-electron chi connectivity index (χ4n) is 7.48. The maximum Gasteiger partial charge on any atom is 0.129 e. The van der Waals surface area contributed by atoms with Gasteiger partial charge in [-0.25, -0.2) is 0 Å². The van der Waals surface area contributed by atoms with Crippen molar-refractivity contribution in [2.24, 2.45) is 0 Å². The third-order valence-corrected chi connectivity index (χ3v) is 10.2. The molecular weight excluding hydrogens is 665 g/mol. The molecule has 0 saturated heterocycles. The number of ether oxygens (including phenoxy) is 4. The molecule has 0 aliphatic rings. The van der Waals surface area contributed by atoms with Gasteiger partial charge in [0.2, 0.25) is 0 Å². The first-order valence-electron chi connectivity index (χ1n) is 18.0. The largest absolute Gasteiger partial charge is 0.496 e. The maximum atomic E-state index is 5.60. The summed E-state index contributed by atoms with van der Waals surface area (Å²) in [5.74, 6) is 5.44. The molecule has 0 saturated carbocycles. The van der Waals surface area contributed by atoms with E-state index in [1.165, 1.54) is 0 Å². The van der Waals surface area contributed by atoms with Gasteiger partial charge in [0.25, 0.3) is 0 Å². The van der Waals surface area contributed by atoms with Crippen LogP contribution in [0.25, 0.3) is 32.7 Å². The molecule has 262 valence electrons. The smallest absolute Gasteiger partial charge is 0.129 e. The monoisotopic (exact) mass is 704 g/mol. The normalized spacial score (nSPS) is 11.0. The molecule has 0 N–H and O–H groups in total. The van der Waals surface area contributed by atoms with Crippen LogP contribution in [0.2, 0.25) is 0 Å².